The van der Waals surface area contributed by atoms with Crippen LogP contribution in [0.5, 0.6) is 0 Å². The molecule has 18 heavy (non-hydrogen) atoms. The van der Waals surface area contributed by atoms with E-state index in [2.05, 4.69) is 41.6 Å². The Morgan fingerprint density at radius 2 is 2.22 bits per heavy atom. The number of rotatable bonds is 6. The maximum Gasteiger partial charge on any atom is 0.0858 e. The highest BCUT2D eigenvalue weighted by Gasteiger charge is 2.18. The molecule has 0 fully saturated rings. The zero-order valence-corrected chi connectivity index (χ0v) is 12.0. The highest BCUT2D eigenvalue weighted by Crippen LogP contribution is 2.28. The van der Waals surface area contributed by atoms with E-state index in [-0.39, 0.29) is 6.04 Å². The monoisotopic (exact) mass is 264 g/mol. The number of hydrogen-bond donors (Lipinski definition) is 1. The van der Waals surface area contributed by atoms with Crippen molar-refractivity contribution in [2.24, 2.45) is 7.05 Å². The van der Waals surface area contributed by atoms with Crippen molar-refractivity contribution in [2.75, 3.05) is 6.54 Å². The third kappa shape index (κ3) is 2.79. The van der Waals surface area contributed by atoms with Crippen LogP contribution in [0.3, 0.4) is 0 Å². The lowest BCUT2D eigenvalue weighted by molar-refractivity contribution is 0.556. The van der Waals surface area contributed by atoms with E-state index >= 15 is 0 Å². The van der Waals surface area contributed by atoms with Gasteiger partial charge in [-0.15, -0.1) is 16.4 Å². The summed E-state index contributed by atoms with van der Waals surface area (Å²) in [4.78, 5) is 2.76. The fourth-order valence-electron chi connectivity index (χ4n) is 1.94. The Balaban J connectivity index is 2.27. The molecule has 0 radical (unpaired) electrons. The van der Waals surface area contributed by atoms with Crippen molar-refractivity contribution in [3.05, 3.63) is 33.8 Å². The molecule has 1 N–H and O–H groups in total. The predicted molar refractivity (Wildman–Crippen MR) is 74.8 cm³/mol. The van der Waals surface area contributed by atoms with Crippen LogP contribution in [-0.2, 0) is 13.5 Å². The molecule has 4 nitrogen and oxygen atoms in total. The second-order valence-electron chi connectivity index (χ2n) is 4.33. The van der Waals surface area contributed by atoms with Crippen molar-refractivity contribution in [1.82, 2.24) is 20.3 Å². The summed E-state index contributed by atoms with van der Waals surface area (Å²) in [6.07, 6.45) is 4.06. The molecular formula is C13H20N4S. The van der Waals surface area contributed by atoms with E-state index in [1.165, 1.54) is 9.75 Å². The normalized spacial score (nSPS) is 12.8. The van der Waals surface area contributed by atoms with Crippen LogP contribution in [0.1, 0.15) is 41.8 Å². The van der Waals surface area contributed by atoms with Gasteiger partial charge in [0.2, 0.25) is 0 Å². The van der Waals surface area contributed by atoms with E-state index in [0.717, 1.165) is 25.1 Å². The summed E-state index contributed by atoms with van der Waals surface area (Å²) >= 11 is 1.87. The van der Waals surface area contributed by atoms with Crippen molar-refractivity contribution in [3.63, 3.8) is 0 Å². The molecule has 98 valence electrons. The lowest BCUT2D eigenvalue weighted by atomic mass is 10.1. The van der Waals surface area contributed by atoms with Gasteiger partial charge in [0.1, 0.15) is 0 Å². The fourth-order valence-corrected chi connectivity index (χ4v) is 2.98. The maximum atomic E-state index is 4.03. The fraction of sp³-hybridized carbons (Fsp3) is 0.538. The zero-order chi connectivity index (χ0) is 13.0. The van der Waals surface area contributed by atoms with E-state index in [0.29, 0.717) is 0 Å². The van der Waals surface area contributed by atoms with Gasteiger partial charge in [-0.25, -0.2) is 0 Å². The molecule has 2 aromatic heterocycles. The van der Waals surface area contributed by atoms with Crippen molar-refractivity contribution >= 4 is 11.3 Å². The number of aromatic nitrogens is 3. The molecule has 0 aliphatic carbocycles. The molecule has 1 unspecified atom stereocenters. The SMILES string of the molecule is CCCNC(c1ccc(CC)s1)c1cnnn1C. The first-order valence-electron chi connectivity index (χ1n) is 6.42. The van der Waals surface area contributed by atoms with Crippen LogP contribution in [0.2, 0.25) is 0 Å². The smallest absolute Gasteiger partial charge is 0.0858 e. The molecule has 0 saturated carbocycles. The summed E-state index contributed by atoms with van der Waals surface area (Å²) < 4.78 is 1.85. The van der Waals surface area contributed by atoms with Crippen LogP contribution < -0.4 is 5.32 Å². The van der Waals surface area contributed by atoms with Gasteiger partial charge in [0.25, 0.3) is 0 Å². The predicted octanol–water partition coefficient (Wildman–Crippen LogP) is 2.53. The third-order valence-corrected chi connectivity index (χ3v) is 4.25. The Labute approximate surface area is 112 Å². The largest absolute Gasteiger partial charge is 0.304 e. The van der Waals surface area contributed by atoms with Crippen LogP contribution in [0.4, 0.5) is 0 Å². The molecule has 1 atom stereocenters. The minimum Gasteiger partial charge on any atom is -0.304 e. The number of nitrogens with zero attached hydrogens (tertiary/aromatic N) is 3. The number of hydrogen-bond acceptors (Lipinski definition) is 4. The van der Waals surface area contributed by atoms with E-state index < -0.39 is 0 Å². The first kappa shape index (κ1) is 13.2. The lowest BCUT2D eigenvalue weighted by Crippen LogP contribution is -2.24. The zero-order valence-electron chi connectivity index (χ0n) is 11.2. The van der Waals surface area contributed by atoms with Crippen LogP contribution in [0.25, 0.3) is 0 Å². The standard InChI is InChI=1S/C13H20N4S/c1-4-8-14-13(11-9-15-16-17(11)3)12-7-6-10(5-2)18-12/h6-7,9,13-14H,4-5,8H2,1-3H3. The summed E-state index contributed by atoms with van der Waals surface area (Å²) in [5, 5.41) is 11.6. The highest BCUT2D eigenvalue weighted by molar-refractivity contribution is 7.12. The molecule has 0 bridgehead atoms. The van der Waals surface area contributed by atoms with Gasteiger partial charge in [-0.05, 0) is 31.5 Å². The molecule has 0 aromatic carbocycles. The molecule has 0 saturated heterocycles. The summed E-state index contributed by atoms with van der Waals surface area (Å²) in [5.41, 5.74) is 1.12. The molecule has 2 heterocycles. The summed E-state index contributed by atoms with van der Waals surface area (Å²) in [6, 6.07) is 4.63. The number of aryl methyl sites for hydroxylation is 2. The molecule has 2 aromatic rings. The number of nitrogens with one attached hydrogen (secondary N) is 1. The quantitative estimate of drug-likeness (QED) is 0.872. The first-order chi connectivity index (χ1) is 8.76. The molecule has 0 aliphatic rings. The Morgan fingerprint density at radius 3 is 2.78 bits per heavy atom. The summed E-state index contributed by atoms with van der Waals surface area (Å²) in [5.74, 6) is 0. The second kappa shape index (κ2) is 6.11. The van der Waals surface area contributed by atoms with Crippen LogP contribution in [0.15, 0.2) is 18.3 Å². The van der Waals surface area contributed by atoms with Gasteiger partial charge in [-0.1, -0.05) is 19.1 Å². The van der Waals surface area contributed by atoms with Gasteiger partial charge < -0.3 is 5.32 Å². The van der Waals surface area contributed by atoms with E-state index in [1.54, 1.807) is 0 Å². The van der Waals surface area contributed by atoms with Gasteiger partial charge in [0.15, 0.2) is 0 Å². The van der Waals surface area contributed by atoms with Gasteiger partial charge in [-0.2, -0.15) is 0 Å². The Morgan fingerprint density at radius 1 is 1.39 bits per heavy atom. The highest BCUT2D eigenvalue weighted by atomic mass is 32.1. The summed E-state index contributed by atoms with van der Waals surface area (Å²) in [7, 11) is 1.94. The summed E-state index contributed by atoms with van der Waals surface area (Å²) in [6.45, 7) is 5.36. The van der Waals surface area contributed by atoms with Crippen molar-refractivity contribution in [3.8, 4) is 0 Å². The van der Waals surface area contributed by atoms with Crippen LogP contribution in [0, 0.1) is 0 Å². The van der Waals surface area contributed by atoms with Crippen molar-refractivity contribution in [1.29, 1.82) is 0 Å². The Bertz CT molecular complexity index is 489. The number of thiophene rings is 1. The van der Waals surface area contributed by atoms with E-state index in [1.807, 2.05) is 29.3 Å². The Kier molecular flexibility index (Phi) is 4.49. The second-order valence-corrected chi connectivity index (χ2v) is 5.53. The van der Waals surface area contributed by atoms with E-state index in [4.69, 9.17) is 0 Å². The first-order valence-corrected chi connectivity index (χ1v) is 7.24. The molecule has 2 rings (SSSR count). The average Bonchev–Trinajstić information content (AvgIpc) is 3.00. The minimum atomic E-state index is 0.204. The van der Waals surface area contributed by atoms with Gasteiger partial charge in [0.05, 0.1) is 17.9 Å². The van der Waals surface area contributed by atoms with Gasteiger partial charge >= 0.3 is 0 Å². The van der Waals surface area contributed by atoms with Crippen LogP contribution >= 0.6 is 11.3 Å². The molecule has 0 amide bonds. The molecule has 0 aliphatic heterocycles. The minimum absolute atomic E-state index is 0.204. The molecule has 0 spiro atoms. The lowest BCUT2D eigenvalue weighted by Gasteiger charge is -2.16. The van der Waals surface area contributed by atoms with Gasteiger partial charge in [0, 0.05) is 16.8 Å². The third-order valence-electron chi connectivity index (χ3n) is 2.96. The topological polar surface area (TPSA) is 42.7 Å². The van der Waals surface area contributed by atoms with Crippen molar-refractivity contribution < 1.29 is 0 Å². The van der Waals surface area contributed by atoms with Crippen molar-refractivity contribution in [2.45, 2.75) is 32.7 Å². The Hall–Kier alpha value is -1.20. The maximum absolute atomic E-state index is 4.03. The van der Waals surface area contributed by atoms with Crippen LogP contribution in [-0.4, -0.2) is 21.5 Å². The molecular weight excluding hydrogens is 244 g/mol. The molecule has 5 heteroatoms. The van der Waals surface area contributed by atoms with Gasteiger partial charge in [-0.3, -0.25) is 4.68 Å². The van der Waals surface area contributed by atoms with E-state index in [9.17, 15) is 0 Å². The average molecular weight is 264 g/mol.